The van der Waals surface area contributed by atoms with Crippen molar-refractivity contribution in [2.75, 3.05) is 32.1 Å². The van der Waals surface area contributed by atoms with Gasteiger partial charge in [-0.2, -0.15) is 0 Å². The first-order chi connectivity index (χ1) is 13.0. The summed E-state index contributed by atoms with van der Waals surface area (Å²) in [5.74, 6) is 2.78. The van der Waals surface area contributed by atoms with Gasteiger partial charge in [-0.05, 0) is 17.7 Å². The van der Waals surface area contributed by atoms with E-state index < -0.39 is 0 Å². The molecule has 0 fully saturated rings. The largest absolute Gasteiger partial charge is 0.495 e. The van der Waals surface area contributed by atoms with Gasteiger partial charge in [0.2, 0.25) is 12.7 Å². The number of anilines is 1. The Hall–Kier alpha value is -1.96. The molecule has 2 aromatic rings. The van der Waals surface area contributed by atoms with Gasteiger partial charge in [0.15, 0.2) is 11.5 Å². The van der Waals surface area contributed by atoms with E-state index in [2.05, 4.69) is 5.32 Å². The normalized spacial score (nSPS) is 12.0. The molecule has 0 spiro atoms. The maximum absolute atomic E-state index is 12.3. The molecule has 144 valence electrons. The lowest BCUT2D eigenvalue weighted by Crippen LogP contribution is -2.15. The lowest BCUT2D eigenvalue weighted by molar-refractivity contribution is -0.113. The van der Waals surface area contributed by atoms with Crippen molar-refractivity contribution in [1.29, 1.82) is 0 Å². The predicted molar refractivity (Wildman–Crippen MR) is 107 cm³/mol. The summed E-state index contributed by atoms with van der Waals surface area (Å²) in [6.07, 6.45) is 0. The van der Waals surface area contributed by atoms with Gasteiger partial charge >= 0.3 is 0 Å². The van der Waals surface area contributed by atoms with Crippen LogP contribution in [-0.2, 0) is 10.5 Å². The third-order valence-electron chi connectivity index (χ3n) is 3.74. The summed E-state index contributed by atoms with van der Waals surface area (Å²) in [5, 5.41) is 3.72. The molecule has 0 atom stereocenters. The summed E-state index contributed by atoms with van der Waals surface area (Å²) in [7, 11) is 3.01. The van der Waals surface area contributed by atoms with Crippen LogP contribution in [-0.4, -0.2) is 32.7 Å². The molecule has 1 N–H and O–H groups in total. The molecule has 0 aliphatic carbocycles. The Balaban J connectivity index is 1.58. The van der Waals surface area contributed by atoms with Gasteiger partial charge in [0.25, 0.3) is 0 Å². The first-order valence-electron chi connectivity index (χ1n) is 7.89. The quantitative estimate of drug-likeness (QED) is 0.692. The van der Waals surface area contributed by atoms with Crippen LogP contribution in [0.25, 0.3) is 0 Å². The topological polar surface area (TPSA) is 66.0 Å². The Kier molecular flexibility index (Phi) is 6.46. The third kappa shape index (κ3) is 4.66. The number of rotatable bonds is 7. The molecule has 9 heteroatoms. The van der Waals surface area contributed by atoms with Crippen molar-refractivity contribution in [2.45, 2.75) is 5.75 Å². The molecular formula is C18H17Cl2NO5S. The van der Waals surface area contributed by atoms with E-state index in [1.54, 1.807) is 12.1 Å². The fraction of sp³-hybridized carbons (Fsp3) is 0.278. The summed E-state index contributed by atoms with van der Waals surface area (Å²) in [4.78, 5) is 12.3. The average molecular weight is 430 g/mol. The maximum Gasteiger partial charge on any atom is 0.234 e. The van der Waals surface area contributed by atoms with Crippen LogP contribution in [0.4, 0.5) is 5.69 Å². The van der Waals surface area contributed by atoms with Gasteiger partial charge in [0.1, 0.15) is 11.5 Å². The van der Waals surface area contributed by atoms with E-state index in [0.717, 1.165) is 5.56 Å². The van der Waals surface area contributed by atoms with Crippen molar-refractivity contribution in [2.24, 2.45) is 0 Å². The van der Waals surface area contributed by atoms with E-state index in [-0.39, 0.29) is 18.5 Å². The average Bonchev–Trinajstić information content (AvgIpc) is 3.12. The highest BCUT2D eigenvalue weighted by Gasteiger charge is 2.18. The molecule has 0 saturated heterocycles. The van der Waals surface area contributed by atoms with Crippen LogP contribution in [0, 0.1) is 0 Å². The summed E-state index contributed by atoms with van der Waals surface area (Å²) in [5.41, 5.74) is 1.45. The maximum atomic E-state index is 12.3. The number of carbonyl (C=O) groups is 1. The summed E-state index contributed by atoms with van der Waals surface area (Å²) in [6, 6.07) is 6.90. The van der Waals surface area contributed by atoms with E-state index in [0.29, 0.717) is 44.5 Å². The fourth-order valence-electron chi connectivity index (χ4n) is 2.51. The number of carbonyl (C=O) groups excluding carboxylic acids is 1. The molecule has 6 nitrogen and oxygen atoms in total. The molecule has 27 heavy (non-hydrogen) atoms. The standard InChI is InChI=1S/C18H17Cl2NO5S/c1-23-14-6-13(15(24-2)5-11(14)19)21-17(22)8-27-7-10-3-12(20)18-16(4-10)25-9-26-18/h3-6H,7-9H2,1-2H3,(H,21,22). The molecule has 0 aromatic heterocycles. The number of fused-ring (bicyclic) bond motifs is 1. The molecule has 0 bridgehead atoms. The lowest BCUT2D eigenvalue weighted by Gasteiger charge is -2.13. The van der Waals surface area contributed by atoms with Gasteiger partial charge in [-0.15, -0.1) is 11.8 Å². The SMILES string of the molecule is COc1cc(NC(=O)CSCc2cc(Cl)c3c(c2)OCO3)c(OC)cc1Cl. The minimum Gasteiger partial charge on any atom is -0.495 e. The molecule has 1 aliphatic heterocycles. The molecule has 1 heterocycles. The van der Waals surface area contributed by atoms with Crippen LogP contribution in [0.2, 0.25) is 10.0 Å². The van der Waals surface area contributed by atoms with Gasteiger partial charge in [0.05, 0.1) is 35.7 Å². The number of methoxy groups -OCH3 is 2. The molecule has 2 aromatic carbocycles. The van der Waals surface area contributed by atoms with Crippen LogP contribution in [0.1, 0.15) is 5.56 Å². The van der Waals surface area contributed by atoms with Gasteiger partial charge < -0.3 is 24.3 Å². The van der Waals surface area contributed by atoms with Crippen molar-refractivity contribution < 1.29 is 23.7 Å². The summed E-state index contributed by atoms with van der Waals surface area (Å²) >= 11 is 13.7. The Morgan fingerprint density at radius 1 is 1.11 bits per heavy atom. The first kappa shape index (κ1) is 19.8. The van der Waals surface area contributed by atoms with Crippen LogP contribution in [0.5, 0.6) is 23.0 Å². The number of thioether (sulfide) groups is 1. The van der Waals surface area contributed by atoms with E-state index in [4.69, 9.17) is 42.1 Å². The number of amides is 1. The van der Waals surface area contributed by atoms with E-state index in [1.165, 1.54) is 26.0 Å². The first-order valence-corrected chi connectivity index (χ1v) is 9.80. The van der Waals surface area contributed by atoms with Gasteiger partial charge in [-0.25, -0.2) is 0 Å². The zero-order valence-electron chi connectivity index (χ0n) is 14.6. The zero-order chi connectivity index (χ0) is 19.4. The molecule has 0 radical (unpaired) electrons. The minimum absolute atomic E-state index is 0.167. The van der Waals surface area contributed by atoms with E-state index in [9.17, 15) is 4.79 Å². The number of hydrogen-bond acceptors (Lipinski definition) is 6. The highest BCUT2D eigenvalue weighted by atomic mass is 35.5. The fourth-order valence-corrected chi connectivity index (χ4v) is 3.79. The summed E-state index contributed by atoms with van der Waals surface area (Å²) < 4.78 is 21.1. The number of benzene rings is 2. The Morgan fingerprint density at radius 3 is 2.63 bits per heavy atom. The summed E-state index contributed by atoms with van der Waals surface area (Å²) in [6.45, 7) is 0.167. The third-order valence-corrected chi connectivity index (χ3v) is 5.32. The number of hydrogen-bond donors (Lipinski definition) is 1. The smallest absolute Gasteiger partial charge is 0.234 e. The molecule has 0 unspecified atom stereocenters. The number of nitrogens with one attached hydrogen (secondary N) is 1. The minimum atomic E-state index is -0.172. The monoisotopic (exact) mass is 429 g/mol. The second-order valence-electron chi connectivity index (χ2n) is 5.54. The highest BCUT2D eigenvalue weighted by Crippen LogP contribution is 2.40. The van der Waals surface area contributed by atoms with Crippen molar-refractivity contribution >= 4 is 46.6 Å². The molecule has 3 rings (SSSR count). The van der Waals surface area contributed by atoms with Crippen LogP contribution >= 0.6 is 35.0 Å². The number of ether oxygens (including phenoxy) is 4. The Bertz CT molecular complexity index is 862. The van der Waals surface area contributed by atoms with Gasteiger partial charge in [-0.3, -0.25) is 4.79 Å². The Morgan fingerprint density at radius 2 is 1.89 bits per heavy atom. The van der Waals surface area contributed by atoms with Crippen molar-refractivity contribution in [3.8, 4) is 23.0 Å². The van der Waals surface area contributed by atoms with Crippen molar-refractivity contribution in [3.63, 3.8) is 0 Å². The lowest BCUT2D eigenvalue weighted by atomic mass is 10.2. The Labute approximate surface area is 171 Å². The van der Waals surface area contributed by atoms with Crippen molar-refractivity contribution in [3.05, 3.63) is 39.9 Å². The second kappa shape index (κ2) is 8.82. The number of halogens is 2. The van der Waals surface area contributed by atoms with E-state index in [1.807, 2.05) is 12.1 Å². The second-order valence-corrected chi connectivity index (χ2v) is 7.34. The van der Waals surface area contributed by atoms with Crippen molar-refractivity contribution in [1.82, 2.24) is 0 Å². The van der Waals surface area contributed by atoms with Gasteiger partial charge in [0, 0.05) is 17.9 Å². The molecule has 1 amide bonds. The van der Waals surface area contributed by atoms with E-state index >= 15 is 0 Å². The zero-order valence-corrected chi connectivity index (χ0v) is 17.0. The highest BCUT2D eigenvalue weighted by molar-refractivity contribution is 7.99. The molecular weight excluding hydrogens is 413 g/mol. The predicted octanol–water partition coefficient (Wildman–Crippen LogP) is 4.61. The molecule has 0 saturated carbocycles. The molecule has 1 aliphatic rings. The van der Waals surface area contributed by atoms with Crippen LogP contribution < -0.4 is 24.3 Å². The van der Waals surface area contributed by atoms with Crippen LogP contribution in [0.3, 0.4) is 0 Å². The van der Waals surface area contributed by atoms with Gasteiger partial charge in [-0.1, -0.05) is 23.2 Å². The van der Waals surface area contributed by atoms with Crippen LogP contribution in [0.15, 0.2) is 24.3 Å².